The van der Waals surface area contributed by atoms with Gasteiger partial charge in [0.05, 0.1) is 4.47 Å². The lowest BCUT2D eigenvalue weighted by Crippen LogP contribution is -1.92. The minimum Gasteiger partial charge on any atom is -0.456 e. The molecule has 0 saturated carbocycles. The van der Waals surface area contributed by atoms with Crippen LogP contribution in [0.4, 0.5) is 10.1 Å². The van der Waals surface area contributed by atoms with Crippen molar-refractivity contribution in [2.45, 2.75) is 6.92 Å². The molecular formula is C13H11BrFNO. The second kappa shape index (κ2) is 4.75. The molecule has 0 spiro atoms. The minimum absolute atomic E-state index is 0.287. The fourth-order valence-corrected chi connectivity index (χ4v) is 1.82. The molecule has 0 atom stereocenters. The quantitative estimate of drug-likeness (QED) is 0.840. The van der Waals surface area contributed by atoms with Crippen molar-refractivity contribution in [2.24, 2.45) is 0 Å². The molecule has 0 saturated heterocycles. The van der Waals surface area contributed by atoms with Gasteiger partial charge >= 0.3 is 0 Å². The number of anilines is 1. The van der Waals surface area contributed by atoms with E-state index < -0.39 is 0 Å². The first kappa shape index (κ1) is 11.9. The number of ether oxygens (including phenoxy) is 1. The second-order valence-electron chi connectivity index (χ2n) is 3.70. The predicted octanol–water partition coefficient (Wildman–Crippen LogP) is 4.27. The maximum absolute atomic E-state index is 12.7. The average Bonchev–Trinajstić information content (AvgIpc) is 2.29. The van der Waals surface area contributed by atoms with Crippen LogP contribution in [0.25, 0.3) is 0 Å². The molecule has 17 heavy (non-hydrogen) atoms. The van der Waals surface area contributed by atoms with Crippen LogP contribution < -0.4 is 10.5 Å². The number of hydrogen-bond donors (Lipinski definition) is 1. The summed E-state index contributed by atoms with van der Waals surface area (Å²) in [5, 5.41) is 0. The van der Waals surface area contributed by atoms with Crippen LogP contribution in [-0.4, -0.2) is 0 Å². The van der Waals surface area contributed by atoms with Crippen LogP contribution in [0.2, 0.25) is 0 Å². The number of halogens is 2. The largest absolute Gasteiger partial charge is 0.456 e. The highest BCUT2D eigenvalue weighted by molar-refractivity contribution is 9.10. The Kier molecular flexibility index (Phi) is 3.33. The van der Waals surface area contributed by atoms with Crippen LogP contribution in [0, 0.1) is 12.7 Å². The van der Waals surface area contributed by atoms with E-state index in [0.717, 1.165) is 10.0 Å². The number of nitrogens with two attached hydrogens (primary N) is 1. The first-order chi connectivity index (χ1) is 8.06. The number of hydrogen-bond acceptors (Lipinski definition) is 2. The molecule has 0 aliphatic carbocycles. The Hall–Kier alpha value is -1.55. The van der Waals surface area contributed by atoms with E-state index in [9.17, 15) is 4.39 Å². The van der Waals surface area contributed by atoms with E-state index >= 15 is 0 Å². The zero-order chi connectivity index (χ0) is 12.4. The number of rotatable bonds is 2. The number of benzene rings is 2. The maximum Gasteiger partial charge on any atom is 0.142 e. The van der Waals surface area contributed by atoms with Crippen molar-refractivity contribution in [1.82, 2.24) is 0 Å². The zero-order valence-corrected chi connectivity index (χ0v) is 10.8. The highest BCUT2D eigenvalue weighted by atomic mass is 79.9. The topological polar surface area (TPSA) is 35.2 Å². The van der Waals surface area contributed by atoms with Crippen LogP contribution >= 0.6 is 15.9 Å². The molecule has 0 heterocycles. The normalized spacial score (nSPS) is 10.3. The Morgan fingerprint density at radius 2 is 1.82 bits per heavy atom. The smallest absolute Gasteiger partial charge is 0.142 e. The van der Waals surface area contributed by atoms with Crippen LogP contribution in [0.1, 0.15) is 5.56 Å². The summed E-state index contributed by atoms with van der Waals surface area (Å²) in [6.45, 7) is 1.90. The van der Waals surface area contributed by atoms with Gasteiger partial charge < -0.3 is 10.5 Å². The summed E-state index contributed by atoms with van der Waals surface area (Å²) in [7, 11) is 0. The fourth-order valence-electron chi connectivity index (χ4n) is 1.38. The lowest BCUT2D eigenvalue weighted by atomic mass is 10.2. The van der Waals surface area contributed by atoms with E-state index in [2.05, 4.69) is 15.9 Å². The van der Waals surface area contributed by atoms with Crippen molar-refractivity contribution < 1.29 is 9.13 Å². The number of aryl methyl sites for hydroxylation is 1. The molecule has 2 N–H and O–H groups in total. The van der Waals surface area contributed by atoms with Gasteiger partial charge in [0.2, 0.25) is 0 Å². The average molecular weight is 296 g/mol. The van der Waals surface area contributed by atoms with Crippen LogP contribution in [0.5, 0.6) is 11.5 Å². The molecular weight excluding hydrogens is 285 g/mol. The second-order valence-corrected chi connectivity index (χ2v) is 4.55. The monoisotopic (exact) mass is 295 g/mol. The summed E-state index contributed by atoms with van der Waals surface area (Å²) in [6, 6.07) is 9.48. The van der Waals surface area contributed by atoms with Crippen molar-refractivity contribution in [1.29, 1.82) is 0 Å². The lowest BCUT2D eigenvalue weighted by Gasteiger charge is -2.10. The first-order valence-electron chi connectivity index (χ1n) is 5.05. The summed E-state index contributed by atoms with van der Waals surface area (Å²) < 4.78 is 19.1. The zero-order valence-electron chi connectivity index (χ0n) is 9.21. The minimum atomic E-state index is -0.287. The fraction of sp³-hybridized carbons (Fsp3) is 0.0769. The molecule has 0 aliphatic rings. The third kappa shape index (κ3) is 2.77. The summed E-state index contributed by atoms with van der Waals surface area (Å²) in [6.07, 6.45) is 0. The molecule has 0 bridgehead atoms. The molecule has 0 radical (unpaired) electrons. The summed E-state index contributed by atoms with van der Waals surface area (Å²) in [4.78, 5) is 0. The van der Waals surface area contributed by atoms with Crippen LogP contribution in [0.3, 0.4) is 0 Å². The maximum atomic E-state index is 12.7. The molecule has 0 fully saturated rings. The van der Waals surface area contributed by atoms with Gasteiger partial charge in [0, 0.05) is 5.69 Å². The Bertz CT molecular complexity index is 540. The lowest BCUT2D eigenvalue weighted by molar-refractivity contribution is 0.477. The van der Waals surface area contributed by atoms with Gasteiger partial charge in [-0.25, -0.2) is 4.39 Å². The molecule has 0 amide bonds. The van der Waals surface area contributed by atoms with Crippen molar-refractivity contribution in [2.75, 3.05) is 5.73 Å². The molecule has 2 rings (SSSR count). The highest BCUT2D eigenvalue weighted by Crippen LogP contribution is 2.33. The Balaban J connectivity index is 2.30. The molecule has 2 aromatic rings. The van der Waals surface area contributed by atoms with Crippen molar-refractivity contribution in [3.63, 3.8) is 0 Å². The van der Waals surface area contributed by atoms with Gasteiger partial charge in [-0.05, 0) is 64.8 Å². The summed E-state index contributed by atoms with van der Waals surface area (Å²) in [5.74, 6) is 0.949. The summed E-state index contributed by atoms with van der Waals surface area (Å²) >= 11 is 3.37. The molecule has 0 aromatic heterocycles. The first-order valence-corrected chi connectivity index (χ1v) is 5.84. The van der Waals surface area contributed by atoms with Gasteiger partial charge in [0.25, 0.3) is 0 Å². The van der Waals surface area contributed by atoms with Gasteiger partial charge in [-0.1, -0.05) is 0 Å². The van der Waals surface area contributed by atoms with E-state index in [-0.39, 0.29) is 5.82 Å². The Morgan fingerprint density at radius 3 is 2.47 bits per heavy atom. The molecule has 0 unspecified atom stereocenters. The Labute approximate surface area is 107 Å². The molecule has 2 nitrogen and oxygen atoms in total. The van der Waals surface area contributed by atoms with E-state index in [1.54, 1.807) is 18.2 Å². The molecule has 0 aliphatic heterocycles. The third-order valence-electron chi connectivity index (χ3n) is 2.36. The third-order valence-corrected chi connectivity index (χ3v) is 2.98. The molecule has 88 valence electrons. The van der Waals surface area contributed by atoms with Crippen LogP contribution in [-0.2, 0) is 0 Å². The van der Waals surface area contributed by atoms with Gasteiger partial charge in [-0.3, -0.25) is 0 Å². The number of nitrogen functional groups attached to an aromatic ring is 1. The van der Waals surface area contributed by atoms with Crippen LogP contribution in [0.15, 0.2) is 40.9 Å². The standard InChI is InChI=1S/C13H11BrFNO/c1-8-6-13(11(14)7-12(8)16)17-10-4-2-9(15)3-5-10/h2-7H,16H2,1H3. The van der Waals surface area contributed by atoms with Crippen molar-refractivity contribution in [3.05, 3.63) is 52.3 Å². The predicted molar refractivity (Wildman–Crippen MR) is 69.8 cm³/mol. The Morgan fingerprint density at radius 1 is 1.18 bits per heavy atom. The van der Waals surface area contributed by atoms with Gasteiger partial charge in [-0.2, -0.15) is 0 Å². The van der Waals surface area contributed by atoms with Crippen molar-refractivity contribution in [3.8, 4) is 11.5 Å². The van der Waals surface area contributed by atoms with Gasteiger partial charge in [0.1, 0.15) is 17.3 Å². The van der Waals surface area contributed by atoms with Gasteiger partial charge in [-0.15, -0.1) is 0 Å². The summed E-state index contributed by atoms with van der Waals surface area (Å²) in [5.41, 5.74) is 7.40. The van der Waals surface area contributed by atoms with E-state index in [1.807, 2.05) is 13.0 Å². The van der Waals surface area contributed by atoms with Gasteiger partial charge in [0.15, 0.2) is 0 Å². The van der Waals surface area contributed by atoms with Crippen molar-refractivity contribution >= 4 is 21.6 Å². The highest BCUT2D eigenvalue weighted by Gasteiger charge is 2.06. The molecule has 4 heteroatoms. The SMILES string of the molecule is Cc1cc(Oc2ccc(F)cc2)c(Br)cc1N. The van der Waals surface area contributed by atoms with E-state index in [0.29, 0.717) is 17.2 Å². The molecule has 2 aromatic carbocycles. The van der Waals surface area contributed by atoms with E-state index in [4.69, 9.17) is 10.5 Å². The van der Waals surface area contributed by atoms with E-state index in [1.165, 1.54) is 12.1 Å².